The number of carbonyl (C=O) groups is 1. The molecule has 156 valence electrons. The van der Waals surface area contributed by atoms with Crippen LogP contribution in [0, 0.1) is 0 Å². The van der Waals surface area contributed by atoms with Gasteiger partial charge in [0.2, 0.25) is 0 Å². The minimum Gasteiger partial charge on any atom is -0.465 e. The average Bonchev–Trinajstić information content (AvgIpc) is 2.68. The van der Waals surface area contributed by atoms with E-state index in [9.17, 15) is 9.90 Å². The molecule has 1 saturated carbocycles. The van der Waals surface area contributed by atoms with Crippen LogP contribution >= 0.6 is 15.9 Å². The van der Waals surface area contributed by atoms with E-state index in [4.69, 9.17) is 0 Å². The fraction of sp³-hybridized carbons (Fsp3) is 0.458. The first kappa shape index (κ1) is 21.8. The highest BCUT2D eigenvalue weighted by Crippen LogP contribution is 2.38. The van der Waals surface area contributed by atoms with Crippen LogP contribution in [0.1, 0.15) is 46.5 Å². The van der Waals surface area contributed by atoms with E-state index in [1.165, 1.54) is 0 Å². The van der Waals surface area contributed by atoms with Crippen molar-refractivity contribution in [1.82, 2.24) is 4.90 Å². The summed E-state index contributed by atoms with van der Waals surface area (Å²) in [6.45, 7) is 6.70. The van der Waals surface area contributed by atoms with Gasteiger partial charge in [-0.05, 0) is 71.2 Å². The maximum absolute atomic E-state index is 12.4. The molecule has 3 rings (SSSR count). The molecule has 29 heavy (non-hydrogen) atoms. The van der Waals surface area contributed by atoms with Gasteiger partial charge < -0.3 is 5.11 Å². The van der Waals surface area contributed by atoms with Crippen LogP contribution in [0.5, 0.6) is 0 Å². The summed E-state index contributed by atoms with van der Waals surface area (Å²) in [5.41, 5.74) is 2.85. The van der Waals surface area contributed by atoms with Crippen molar-refractivity contribution in [2.75, 3.05) is 11.9 Å². The Morgan fingerprint density at radius 2 is 1.59 bits per heavy atom. The molecule has 0 radical (unpaired) electrons. The Bertz CT molecular complexity index is 840. The lowest BCUT2D eigenvalue weighted by atomic mass is 9.87. The minimum absolute atomic E-state index is 0.00567. The molecule has 2 aromatic carbocycles. The topological polar surface area (TPSA) is 43.8 Å². The van der Waals surface area contributed by atoms with Crippen LogP contribution in [-0.4, -0.2) is 40.8 Å². The standard InChI is InChI=1S/C24H31BrN2O2/c1-24(2,3)26(4)19-11-13-20(14-12-19)27(23(28)29)22-16-18(25)10-15-21(22)17-8-6-5-7-9-17/h5-10,15-16,19-20H,11-14H2,1-4H3,(H,28,29)/t19-,20-. The maximum Gasteiger partial charge on any atom is 0.412 e. The third-order valence-corrected chi connectivity index (χ3v) is 6.64. The summed E-state index contributed by atoms with van der Waals surface area (Å²) < 4.78 is 0.889. The highest BCUT2D eigenvalue weighted by Gasteiger charge is 2.34. The lowest BCUT2D eigenvalue weighted by molar-refractivity contribution is 0.0863. The molecule has 0 atom stereocenters. The Labute approximate surface area is 182 Å². The minimum atomic E-state index is -0.882. The number of rotatable bonds is 4. The van der Waals surface area contributed by atoms with Gasteiger partial charge in [-0.1, -0.05) is 52.3 Å². The number of hydrogen-bond acceptors (Lipinski definition) is 2. The average molecular weight is 459 g/mol. The van der Waals surface area contributed by atoms with Gasteiger partial charge in [-0.2, -0.15) is 0 Å². The van der Waals surface area contributed by atoms with Gasteiger partial charge in [0.15, 0.2) is 0 Å². The van der Waals surface area contributed by atoms with Crippen molar-refractivity contribution in [2.45, 2.75) is 64.1 Å². The Kier molecular flexibility index (Phi) is 6.69. The Balaban J connectivity index is 1.89. The summed E-state index contributed by atoms with van der Waals surface area (Å²) in [6, 6.07) is 16.4. The normalized spacial score (nSPS) is 19.9. The molecule has 1 aliphatic rings. The van der Waals surface area contributed by atoms with Crippen molar-refractivity contribution in [3.05, 3.63) is 53.0 Å². The van der Waals surface area contributed by atoms with Crippen LogP contribution in [0.4, 0.5) is 10.5 Å². The zero-order valence-corrected chi connectivity index (χ0v) is 19.3. The van der Waals surface area contributed by atoms with Gasteiger partial charge in [-0.25, -0.2) is 4.79 Å². The molecule has 1 amide bonds. The predicted molar refractivity (Wildman–Crippen MR) is 124 cm³/mol. The second-order valence-electron chi connectivity index (χ2n) is 8.92. The lowest BCUT2D eigenvalue weighted by Gasteiger charge is -2.43. The van der Waals surface area contributed by atoms with Crippen molar-refractivity contribution in [2.24, 2.45) is 0 Å². The van der Waals surface area contributed by atoms with E-state index >= 15 is 0 Å². The van der Waals surface area contributed by atoms with E-state index in [2.05, 4.69) is 48.6 Å². The SMILES string of the molecule is CN([C@H]1CC[C@H](N(C(=O)O)c2cc(Br)ccc2-c2ccccc2)CC1)C(C)(C)C. The van der Waals surface area contributed by atoms with Gasteiger partial charge in [0.25, 0.3) is 0 Å². The van der Waals surface area contributed by atoms with E-state index in [-0.39, 0.29) is 11.6 Å². The van der Waals surface area contributed by atoms with Gasteiger partial charge in [-0.3, -0.25) is 9.80 Å². The molecule has 0 saturated heterocycles. The fourth-order valence-corrected chi connectivity index (χ4v) is 4.62. The predicted octanol–water partition coefficient (Wildman–Crippen LogP) is 6.64. The van der Waals surface area contributed by atoms with Crippen molar-refractivity contribution < 1.29 is 9.90 Å². The first-order valence-corrected chi connectivity index (χ1v) is 11.1. The van der Waals surface area contributed by atoms with Crippen LogP contribution in [0.3, 0.4) is 0 Å². The van der Waals surface area contributed by atoms with Crippen LogP contribution in [0.25, 0.3) is 11.1 Å². The molecule has 2 aromatic rings. The van der Waals surface area contributed by atoms with Crippen LogP contribution in [-0.2, 0) is 0 Å². The number of halogens is 1. The van der Waals surface area contributed by atoms with Gasteiger partial charge in [0.05, 0.1) is 5.69 Å². The summed E-state index contributed by atoms with van der Waals surface area (Å²) in [5, 5.41) is 10.1. The molecule has 1 fully saturated rings. The number of amides is 1. The van der Waals surface area contributed by atoms with Crippen molar-refractivity contribution in [1.29, 1.82) is 0 Å². The summed E-state index contributed by atoms with van der Waals surface area (Å²) in [7, 11) is 2.18. The fourth-order valence-electron chi connectivity index (χ4n) is 4.27. The smallest absolute Gasteiger partial charge is 0.412 e. The number of anilines is 1. The largest absolute Gasteiger partial charge is 0.465 e. The van der Waals surface area contributed by atoms with E-state index in [1.54, 1.807) is 4.90 Å². The molecule has 0 heterocycles. The Morgan fingerprint density at radius 1 is 1.00 bits per heavy atom. The maximum atomic E-state index is 12.4. The van der Waals surface area contributed by atoms with Crippen molar-refractivity contribution >= 4 is 27.7 Å². The Hall–Kier alpha value is -1.85. The first-order chi connectivity index (χ1) is 13.7. The van der Waals surface area contributed by atoms with Gasteiger partial charge in [0.1, 0.15) is 0 Å². The number of benzene rings is 2. The third kappa shape index (κ3) is 5.01. The van der Waals surface area contributed by atoms with E-state index in [0.717, 1.165) is 47.0 Å². The third-order valence-electron chi connectivity index (χ3n) is 6.15. The second kappa shape index (κ2) is 8.88. The second-order valence-corrected chi connectivity index (χ2v) is 9.84. The van der Waals surface area contributed by atoms with Crippen molar-refractivity contribution in [3.8, 4) is 11.1 Å². The van der Waals surface area contributed by atoms with E-state index in [1.807, 2.05) is 48.5 Å². The van der Waals surface area contributed by atoms with Crippen molar-refractivity contribution in [3.63, 3.8) is 0 Å². The highest BCUT2D eigenvalue weighted by atomic mass is 79.9. The van der Waals surface area contributed by atoms with Gasteiger partial charge >= 0.3 is 6.09 Å². The lowest BCUT2D eigenvalue weighted by Crippen LogP contribution is -2.50. The quantitative estimate of drug-likeness (QED) is 0.557. The van der Waals surface area contributed by atoms with Crippen LogP contribution in [0.2, 0.25) is 0 Å². The van der Waals surface area contributed by atoms with E-state index < -0.39 is 6.09 Å². The molecule has 0 unspecified atom stereocenters. The van der Waals surface area contributed by atoms with E-state index in [0.29, 0.717) is 6.04 Å². The van der Waals surface area contributed by atoms with Gasteiger partial charge in [0, 0.05) is 27.7 Å². The molecule has 5 heteroatoms. The molecular formula is C24H31BrN2O2. The summed E-state index contributed by atoms with van der Waals surface area (Å²) >= 11 is 3.53. The monoisotopic (exact) mass is 458 g/mol. The molecule has 0 spiro atoms. The highest BCUT2D eigenvalue weighted by molar-refractivity contribution is 9.10. The molecule has 0 aliphatic heterocycles. The summed E-state index contributed by atoms with van der Waals surface area (Å²) in [5.74, 6) is 0. The number of hydrogen-bond donors (Lipinski definition) is 1. The Morgan fingerprint density at radius 3 is 2.14 bits per heavy atom. The zero-order chi connectivity index (χ0) is 21.2. The molecule has 1 aliphatic carbocycles. The molecular weight excluding hydrogens is 428 g/mol. The number of nitrogens with zero attached hydrogens (tertiary/aromatic N) is 2. The summed E-state index contributed by atoms with van der Waals surface area (Å²) in [4.78, 5) is 16.4. The molecule has 0 aromatic heterocycles. The van der Waals surface area contributed by atoms with Crippen LogP contribution < -0.4 is 4.90 Å². The molecule has 0 bridgehead atoms. The first-order valence-electron chi connectivity index (χ1n) is 10.3. The molecule has 4 nitrogen and oxygen atoms in total. The van der Waals surface area contributed by atoms with Crippen LogP contribution in [0.15, 0.2) is 53.0 Å². The molecule has 1 N–H and O–H groups in total. The summed E-state index contributed by atoms with van der Waals surface area (Å²) in [6.07, 6.45) is 2.89. The van der Waals surface area contributed by atoms with Gasteiger partial charge in [-0.15, -0.1) is 0 Å². The zero-order valence-electron chi connectivity index (χ0n) is 17.7. The number of carboxylic acid groups (broad SMARTS) is 1.